The first kappa shape index (κ1) is 16.6. The average molecular weight is 367 g/mol. The molecule has 0 aliphatic rings. The number of rotatable bonds is 4. The Kier molecular flexibility index (Phi) is 4.35. The van der Waals surface area contributed by atoms with Crippen LogP contribution in [0.15, 0.2) is 66.7 Å². The Balaban J connectivity index is 1.92. The highest BCUT2D eigenvalue weighted by Gasteiger charge is 2.16. The molecular formula is C21H16ClFN2O. The highest BCUT2D eigenvalue weighted by atomic mass is 35.5. The zero-order valence-corrected chi connectivity index (χ0v) is 14.9. The number of benzene rings is 3. The Bertz CT molecular complexity index is 1080. The Hall–Kier alpha value is -2.85. The van der Waals surface area contributed by atoms with Crippen molar-refractivity contribution in [1.82, 2.24) is 9.55 Å². The van der Waals surface area contributed by atoms with Gasteiger partial charge >= 0.3 is 0 Å². The monoisotopic (exact) mass is 366 g/mol. The quantitative estimate of drug-likeness (QED) is 0.473. The van der Waals surface area contributed by atoms with Crippen LogP contribution in [-0.4, -0.2) is 16.7 Å². The van der Waals surface area contributed by atoms with Crippen molar-refractivity contribution in [2.75, 3.05) is 7.11 Å². The lowest BCUT2D eigenvalue weighted by atomic mass is 10.2. The number of hydrogen-bond acceptors (Lipinski definition) is 2. The van der Waals surface area contributed by atoms with Gasteiger partial charge in [0, 0.05) is 17.2 Å². The molecule has 4 rings (SSSR count). The minimum atomic E-state index is -0.399. The second-order valence-corrected chi connectivity index (χ2v) is 6.36. The van der Waals surface area contributed by atoms with Crippen LogP contribution in [0.4, 0.5) is 4.39 Å². The Morgan fingerprint density at radius 1 is 1.04 bits per heavy atom. The standard InChI is InChI=1S/C21H16ClFN2O/c1-26-16-10-11-19-18(12-16)24-21(14-6-3-2-4-7-14)25(19)13-15-8-5-9-17(22)20(15)23/h2-12H,13H2,1H3. The predicted octanol–water partition coefficient (Wildman–Crippen LogP) is 5.55. The van der Waals surface area contributed by atoms with Gasteiger partial charge in [0.1, 0.15) is 17.4 Å². The fraction of sp³-hybridized carbons (Fsp3) is 0.0952. The third kappa shape index (κ3) is 2.93. The molecule has 130 valence electrons. The molecule has 0 atom stereocenters. The van der Waals surface area contributed by atoms with Gasteiger partial charge in [0.05, 0.1) is 29.7 Å². The van der Waals surface area contributed by atoms with Gasteiger partial charge < -0.3 is 9.30 Å². The van der Waals surface area contributed by atoms with Gasteiger partial charge in [-0.25, -0.2) is 9.37 Å². The van der Waals surface area contributed by atoms with Crippen LogP contribution in [0.2, 0.25) is 5.02 Å². The molecule has 0 aliphatic carbocycles. The molecule has 0 N–H and O–H groups in total. The zero-order valence-electron chi connectivity index (χ0n) is 14.1. The molecule has 0 saturated heterocycles. The van der Waals surface area contributed by atoms with Gasteiger partial charge in [-0.05, 0) is 18.2 Å². The van der Waals surface area contributed by atoms with Gasteiger partial charge in [0.25, 0.3) is 0 Å². The van der Waals surface area contributed by atoms with E-state index in [9.17, 15) is 4.39 Å². The molecule has 3 nitrogen and oxygen atoms in total. The van der Waals surface area contributed by atoms with E-state index in [1.807, 2.05) is 53.1 Å². The molecular weight excluding hydrogens is 351 g/mol. The fourth-order valence-electron chi connectivity index (χ4n) is 3.05. The van der Waals surface area contributed by atoms with Crippen molar-refractivity contribution in [3.63, 3.8) is 0 Å². The van der Waals surface area contributed by atoms with Gasteiger partial charge in [-0.15, -0.1) is 0 Å². The van der Waals surface area contributed by atoms with Gasteiger partial charge in [-0.1, -0.05) is 54.1 Å². The molecule has 0 bridgehead atoms. The summed E-state index contributed by atoms with van der Waals surface area (Å²) in [7, 11) is 1.62. The summed E-state index contributed by atoms with van der Waals surface area (Å²) < 4.78 is 21.8. The smallest absolute Gasteiger partial charge is 0.146 e. The molecule has 0 unspecified atom stereocenters. The number of nitrogens with zero attached hydrogens (tertiary/aromatic N) is 2. The van der Waals surface area contributed by atoms with E-state index >= 15 is 0 Å². The van der Waals surface area contributed by atoms with Crippen molar-refractivity contribution in [2.24, 2.45) is 0 Å². The second kappa shape index (κ2) is 6.81. The van der Waals surface area contributed by atoms with Gasteiger partial charge in [0.15, 0.2) is 0 Å². The van der Waals surface area contributed by atoms with Gasteiger partial charge in [0.2, 0.25) is 0 Å². The molecule has 1 heterocycles. The SMILES string of the molecule is COc1ccc2c(c1)nc(-c1ccccc1)n2Cc1cccc(Cl)c1F. The van der Waals surface area contributed by atoms with Crippen LogP contribution in [0.25, 0.3) is 22.4 Å². The summed E-state index contributed by atoms with van der Waals surface area (Å²) in [4.78, 5) is 4.77. The number of imidazole rings is 1. The number of hydrogen-bond donors (Lipinski definition) is 0. The zero-order chi connectivity index (χ0) is 18.1. The van der Waals surface area contributed by atoms with Crippen molar-refractivity contribution in [3.05, 3.63) is 83.1 Å². The van der Waals surface area contributed by atoms with Crippen LogP contribution >= 0.6 is 11.6 Å². The number of fused-ring (bicyclic) bond motifs is 1. The third-order valence-corrected chi connectivity index (χ3v) is 4.64. The summed E-state index contributed by atoms with van der Waals surface area (Å²) in [6.07, 6.45) is 0. The van der Waals surface area contributed by atoms with Crippen molar-refractivity contribution in [2.45, 2.75) is 6.54 Å². The minimum absolute atomic E-state index is 0.120. The number of ether oxygens (including phenoxy) is 1. The third-order valence-electron chi connectivity index (χ3n) is 4.35. The Morgan fingerprint density at radius 3 is 2.62 bits per heavy atom. The highest BCUT2D eigenvalue weighted by molar-refractivity contribution is 6.30. The van der Waals surface area contributed by atoms with E-state index in [4.69, 9.17) is 21.3 Å². The summed E-state index contributed by atoms with van der Waals surface area (Å²) in [5.74, 6) is 1.10. The minimum Gasteiger partial charge on any atom is -0.497 e. The lowest BCUT2D eigenvalue weighted by molar-refractivity contribution is 0.415. The Morgan fingerprint density at radius 2 is 1.85 bits per heavy atom. The van der Waals surface area contributed by atoms with Crippen LogP contribution in [0.3, 0.4) is 0 Å². The van der Waals surface area contributed by atoms with Crippen molar-refractivity contribution < 1.29 is 9.13 Å². The maximum atomic E-state index is 14.5. The number of halogens is 2. The molecule has 3 aromatic carbocycles. The highest BCUT2D eigenvalue weighted by Crippen LogP contribution is 2.29. The van der Waals surface area contributed by atoms with Crippen LogP contribution in [-0.2, 0) is 6.54 Å². The topological polar surface area (TPSA) is 27.1 Å². The first-order chi connectivity index (χ1) is 12.7. The van der Waals surface area contributed by atoms with Gasteiger partial charge in [-0.3, -0.25) is 0 Å². The van der Waals surface area contributed by atoms with Crippen LogP contribution < -0.4 is 4.74 Å². The summed E-state index contributed by atoms with van der Waals surface area (Å²) in [6.45, 7) is 0.333. The summed E-state index contributed by atoms with van der Waals surface area (Å²) >= 11 is 5.95. The van der Waals surface area contributed by atoms with E-state index in [2.05, 4.69) is 0 Å². The first-order valence-electron chi connectivity index (χ1n) is 8.20. The summed E-state index contributed by atoms with van der Waals surface area (Å²) in [6, 6.07) is 20.6. The second-order valence-electron chi connectivity index (χ2n) is 5.96. The van der Waals surface area contributed by atoms with Crippen LogP contribution in [0.5, 0.6) is 5.75 Å². The van der Waals surface area contributed by atoms with Crippen molar-refractivity contribution in [1.29, 1.82) is 0 Å². The molecule has 0 fully saturated rings. The molecule has 1 aromatic heterocycles. The normalized spacial score (nSPS) is 11.0. The number of methoxy groups -OCH3 is 1. The maximum absolute atomic E-state index is 14.5. The lowest BCUT2D eigenvalue weighted by Crippen LogP contribution is -2.04. The molecule has 0 aliphatic heterocycles. The number of aromatic nitrogens is 2. The van der Waals surface area contributed by atoms with Crippen LogP contribution in [0.1, 0.15) is 5.56 Å². The molecule has 0 radical (unpaired) electrons. The largest absolute Gasteiger partial charge is 0.497 e. The van der Waals surface area contributed by atoms with Crippen molar-refractivity contribution in [3.8, 4) is 17.1 Å². The molecule has 0 saturated carbocycles. The lowest BCUT2D eigenvalue weighted by Gasteiger charge is -2.11. The van der Waals surface area contributed by atoms with E-state index in [-0.39, 0.29) is 5.02 Å². The maximum Gasteiger partial charge on any atom is 0.146 e. The van der Waals surface area contributed by atoms with Gasteiger partial charge in [-0.2, -0.15) is 0 Å². The van der Waals surface area contributed by atoms with Crippen molar-refractivity contribution >= 4 is 22.6 Å². The molecule has 4 aromatic rings. The molecule has 5 heteroatoms. The summed E-state index contributed by atoms with van der Waals surface area (Å²) in [5.41, 5.74) is 3.18. The van der Waals surface area contributed by atoms with E-state index in [0.717, 1.165) is 28.2 Å². The average Bonchev–Trinajstić information content (AvgIpc) is 3.03. The molecule has 0 spiro atoms. The van der Waals surface area contributed by atoms with E-state index in [0.29, 0.717) is 12.1 Å². The fourth-order valence-corrected chi connectivity index (χ4v) is 3.24. The van der Waals surface area contributed by atoms with E-state index < -0.39 is 5.82 Å². The molecule has 26 heavy (non-hydrogen) atoms. The van der Waals surface area contributed by atoms with E-state index in [1.54, 1.807) is 25.3 Å². The summed E-state index contributed by atoms with van der Waals surface area (Å²) in [5, 5.41) is 0.120. The Labute approximate surface area is 155 Å². The van der Waals surface area contributed by atoms with E-state index in [1.165, 1.54) is 0 Å². The van der Waals surface area contributed by atoms with Crippen LogP contribution in [0, 0.1) is 5.82 Å². The predicted molar refractivity (Wildman–Crippen MR) is 102 cm³/mol. The first-order valence-corrected chi connectivity index (χ1v) is 8.58. The molecule has 0 amide bonds.